The first-order chi connectivity index (χ1) is 6.96. The topological polar surface area (TPSA) is 89.3 Å². The second-order valence-corrected chi connectivity index (χ2v) is 5.45. The summed E-state index contributed by atoms with van der Waals surface area (Å²) in [6.45, 7) is 1.63. The monoisotopic (exact) mass is 232 g/mol. The van der Waals surface area contributed by atoms with Gasteiger partial charge in [-0.1, -0.05) is 6.92 Å². The van der Waals surface area contributed by atoms with E-state index in [2.05, 4.69) is 5.10 Å². The summed E-state index contributed by atoms with van der Waals surface area (Å²) in [7, 11) is -3.09. The molecule has 1 aromatic rings. The van der Waals surface area contributed by atoms with Gasteiger partial charge in [0.05, 0.1) is 12.3 Å². The predicted molar refractivity (Wildman–Crippen MR) is 53.5 cm³/mol. The van der Waals surface area contributed by atoms with Gasteiger partial charge >= 0.3 is 5.97 Å². The molecular formula is C8H12N2O4S. The van der Waals surface area contributed by atoms with E-state index in [0.29, 0.717) is 0 Å². The first-order valence-electron chi connectivity index (χ1n) is 4.42. The Balaban J connectivity index is 2.74. The van der Waals surface area contributed by atoms with Crippen LogP contribution in [0, 0.1) is 0 Å². The van der Waals surface area contributed by atoms with E-state index in [1.165, 1.54) is 16.9 Å². The number of aromatic nitrogens is 2. The molecule has 1 N–H and O–H groups in total. The Morgan fingerprint density at radius 3 is 2.80 bits per heavy atom. The summed E-state index contributed by atoms with van der Waals surface area (Å²) in [6, 6.07) is 1.33. The third-order valence-electron chi connectivity index (χ3n) is 1.99. The maximum atomic E-state index is 11.2. The zero-order valence-corrected chi connectivity index (χ0v) is 9.07. The minimum atomic E-state index is -3.09. The van der Waals surface area contributed by atoms with Gasteiger partial charge in [-0.3, -0.25) is 4.68 Å². The molecule has 0 aliphatic rings. The van der Waals surface area contributed by atoms with Gasteiger partial charge in [-0.2, -0.15) is 5.10 Å². The van der Waals surface area contributed by atoms with E-state index in [4.69, 9.17) is 5.11 Å². The zero-order valence-electron chi connectivity index (χ0n) is 8.25. The molecule has 0 atom stereocenters. The van der Waals surface area contributed by atoms with Gasteiger partial charge in [0.2, 0.25) is 0 Å². The standard InChI is InChI=1S/C8H12N2O4S/c1-2-15(13,14)6-5-10-7(8(11)12)3-4-9-10/h3-4H,2,5-6H2,1H3,(H,11,12). The Bertz CT molecular complexity index is 449. The van der Waals surface area contributed by atoms with Crippen LogP contribution < -0.4 is 0 Å². The summed E-state index contributed by atoms with van der Waals surface area (Å²) in [6.07, 6.45) is 1.34. The minimum Gasteiger partial charge on any atom is -0.477 e. The average molecular weight is 232 g/mol. The van der Waals surface area contributed by atoms with Crippen LogP contribution in [0.1, 0.15) is 17.4 Å². The van der Waals surface area contributed by atoms with Gasteiger partial charge in [0, 0.05) is 11.9 Å². The third kappa shape index (κ3) is 3.05. The summed E-state index contributed by atoms with van der Waals surface area (Å²) in [5.74, 6) is -1.15. The highest BCUT2D eigenvalue weighted by Crippen LogP contribution is 2.00. The van der Waals surface area contributed by atoms with Crippen molar-refractivity contribution < 1.29 is 18.3 Å². The predicted octanol–water partition coefficient (Wildman–Crippen LogP) is 0.0160. The molecule has 0 saturated heterocycles. The molecule has 0 aliphatic heterocycles. The Morgan fingerprint density at radius 1 is 1.60 bits per heavy atom. The fourth-order valence-electron chi connectivity index (χ4n) is 1.06. The second-order valence-electron chi connectivity index (χ2n) is 2.98. The molecule has 1 heterocycles. The SMILES string of the molecule is CCS(=O)(=O)CCn1nccc1C(=O)O. The van der Waals surface area contributed by atoms with Crippen molar-refractivity contribution in [2.75, 3.05) is 11.5 Å². The van der Waals surface area contributed by atoms with Gasteiger partial charge in [0.15, 0.2) is 9.84 Å². The van der Waals surface area contributed by atoms with Crippen LogP contribution in [0.25, 0.3) is 0 Å². The second kappa shape index (κ2) is 4.43. The summed E-state index contributed by atoms with van der Waals surface area (Å²) >= 11 is 0. The molecular weight excluding hydrogens is 220 g/mol. The van der Waals surface area contributed by atoms with Crippen molar-refractivity contribution in [2.45, 2.75) is 13.5 Å². The lowest BCUT2D eigenvalue weighted by Crippen LogP contribution is -2.18. The van der Waals surface area contributed by atoms with Crippen LogP contribution in [0.15, 0.2) is 12.3 Å². The van der Waals surface area contributed by atoms with Crippen LogP contribution >= 0.6 is 0 Å². The molecule has 84 valence electrons. The average Bonchev–Trinajstić information content (AvgIpc) is 2.63. The number of aromatic carboxylic acids is 1. The van der Waals surface area contributed by atoms with Crippen LogP contribution in [-0.4, -0.2) is 40.8 Å². The number of nitrogens with zero attached hydrogens (tertiary/aromatic N) is 2. The first kappa shape index (κ1) is 11.7. The fraction of sp³-hybridized carbons (Fsp3) is 0.500. The molecule has 0 spiro atoms. The highest BCUT2D eigenvalue weighted by Gasteiger charge is 2.13. The molecule has 0 fully saturated rings. The molecule has 0 unspecified atom stereocenters. The van der Waals surface area contributed by atoms with Gasteiger partial charge in [0.25, 0.3) is 0 Å². The van der Waals surface area contributed by atoms with Crippen molar-refractivity contribution in [3.05, 3.63) is 18.0 Å². The fourth-order valence-corrected chi connectivity index (χ4v) is 1.80. The first-order valence-corrected chi connectivity index (χ1v) is 6.24. The molecule has 0 radical (unpaired) electrons. The highest BCUT2D eigenvalue weighted by molar-refractivity contribution is 7.91. The summed E-state index contributed by atoms with van der Waals surface area (Å²) in [5.41, 5.74) is 0.00121. The van der Waals surface area contributed by atoms with Crippen molar-refractivity contribution >= 4 is 15.8 Å². The van der Waals surface area contributed by atoms with E-state index < -0.39 is 15.8 Å². The van der Waals surface area contributed by atoms with Gasteiger partial charge in [0.1, 0.15) is 5.69 Å². The summed E-state index contributed by atoms with van der Waals surface area (Å²) in [4.78, 5) is 10.7. The van der Waals surface area contributed by atoms with Gasteiger partial charge in [-0.15, -0.1) is 0 Å². The molecule has 6 nitrogen and oxygen atoms in total. The van der Waals surface area contributed by atoms with E-state index in [-0.39, 0.29) is 23.7 Å². The number of sulfone groups is 1. The molecule has 7 heteroatoms. The number of hydrogen-bond donors (Lipinski definition) is 1. The largest absolute Gasteiger partial charge is 0.477 e. The van der Waals surface area contributed by atoms with E-state index in [0.717, 1.165) is 0 Å². The van der Waals surface area contributed by atoms with Crippen molar-refractivity contribution in [1.82, 2.24) is 9.78 Å². The molecule has 1 aromatic heterocycles. The van der Waals surface area contributed by atoms with Gasteiger partial charge in [-0.05, 0) is 6.07 Å². The summed E-state index contributed by atoms with van der Waals surface area (Å²) in [5, 5.41) is 12.5. The number of hydrogen-bond acceptors (Lipinski definition) is 4. The van der Waals surface area contributed by atoms with Gasteiger partial charge < -0.3 is 5.11 Å². The lowest BCUT2D eigenvalue weighted by Gasteiger charge is -2.04. The molecule has 0 aliphatic carbocycles. The lowest BCUT2D eigenvalue weighted by atomic mass is 10.4. The Morgan fingerprint density at radius 2 is 2.27 bits per heavy atom. The Hall–Kier alpha value is -1.37. The number of carboxylic acid groups (broad SMARTS) is 1. The number of carboxylic acids is 1. The third-order valence-corrected chi connectivity index (χ3v) is 3.67. The highest BCUT2D eigenvalue weighted by atomic mass is 32.2. The maximum Gasteiger partial charge on any atom is 0.354 e. The quantitative estimate of drug-likeness (QED) is 0.772. The maximum absolute atomic E-state index is 11.2. The van der Waals surface area contributed by atoms with Crippen LogP contribution in [0.3, 0.4) is 0 Å². The van der Waals surface area contributed by atoms with Crippen LogP contribution in [0.2, 0.25) is 0 Å². The lowest BCUT2D eigenvalue weighted by molar-refractivity contribution is 0.0683. The van der Waals surface area contributed by atoms with Gasteiger partial charge in [-0.25, -0.2) is 13.2 Å². The number of rotatable bonds is 5. The molecule has 0 saturated carbocycles. The number of aryl methyl sites for hydroxylation is 1. The number of carbonyl (C=O) groups is 1. The van der Waals surface area contributed by atoms with E-state index in [1.807, 2.05) is 0 Å². The Labute approximate surface area is 87.4 Å². The van der Waals surface area contributed by atoms with E-state index in [9.17, 15) is 13.2 Å². The van der Waals surface area contributed by atoms with Crippen LogP contribution in [0.4, 0.5) is 0 Å². The van der Waals surface area contributed by atoms with Crippen molar-refractivity contribution in [3.63, 3.8) is 0 Å². The zero-order chi connectivity index (χ0) is 11.5. The normalized spacial score (nSPS) is 11.5. The van der Waals surface area contributed by atoms with Crippen molar-refractivity contribution in [1.29, 1.82) is 0 Å². The smallest absolute Gasteiger partial charge is 0.354 e. The Kier molecular flexibility index (Phi) is 3.46. The van der Waals surface area contributed by atoms with E-state index >= 15 is 0 Å². The summed E-state index contributed by atoms with van der Waals surface area (Å²) < 4.78 is 23.6. The molecule has 0 bridgehead atoms. The van der Waals surface area contributed by atoms with Crippen LogP contribution in [-0.2, 0) is 16.4 Å². The van der Waals surface area contributed by atoms with Crippen molar-refractivity contribution in [3.8, 4) is 0 Å². The molecule has 1 rings (SSSR count). The van der Waals surface area contributed by atoms with Crippen LogP contribution in [0.5, 0.6) is 0 Å². The minimum absolute atomic E-state index is 0.00121. The molecule has 0 aromatic carbocycles. The molecule has 0 amide bonds. The van der Waals surface area contributed by atoms with Crippen molar-refractivity contribution in [2.24, 2.45) is 0 Å². The van der Waals surface area contributed by atoms with E-state index in [1.54, 1.807) is 6.92 Å². The molecule has 15 heavy (non-hydrogen) atoms.